The van der Waals surface area contributed by atoms with Gasteiger partial charge < -0.3 is 15.7 Å². The van der Waals surface area contributed by atoms with E-state index >= 15 is 0 Å². The van der Waals surface area contributed by atoms with E-state index in [0.29, 0.717) is 42.3 Å². The number of fused-ring (bicyclic) bond motifs is 1. The summed E-state index contributed by atoms with van der Waals surface area (Å²) in [6, 6.07) is 3.72. The third-order valence-corrected chi connectivity index (χ3v) is 7.72. The lowest BCUT2D eigenvalue weighted by Crippen LogP contribution is -2.64. The van der Waals surface area contributed by atoms with E-state index in [1.54, 1.807) is 4.90 Å². The number of carbonyl (C=O) groups is 1. The minimum Gasteiger partial charge on any atom is -0.393 e. The first-order valence-electron chi connectivity index (χ1n) is 12.0. The first-order chi connectivity index (χ1) is 16.2. The molecule has 1 aliphatic heterocycles. The molecule has 34 heavy (non-hydrogen) atoms. The van der Waals surface area contributed by atoms with Crippen LogP contribution in [0.1, 0.15) is 44.1 Å². The van der Waals surface area contributed by atoms with E-state index in [4.69, 9.17) is 5.73 Å². The summed E-state index contributed by atoms with van der Waals surface area (Å²) in [5.41, 5.74) is 5.10. The number of hydrogen-bond acceptors (Lipinski definition) is 6. The van der Waals surface area contributed by atoms with Crippen LogP contribution in [0.5, 0.6) is 0 Å². The van der Waals surface area contributed by atoms with Crippen molar-refractivity contribution >= 4 is 22.6 Å². The minimum atomic E-state index is -4.49. The Bertz CT molecular complexity index is 1050. The number of carbonyl (C=O) groups excluding carboxylic acids is 1. The molecule has 0 radical (unpaired) electrons. The zero-order valence-electron chi connectivity index (χ0n) is 18.9. The molecule has 3 fully saturated rings. The van der Waals surface area contributed by atoms with Gasteiger partial charge in [0.1, 0.15) is 12.1 Å². The average Bonchev–Trinajstić information content (AvgIpc) is 3.61. The van der Waals surface area contributed by atoms with E-state index < -0.39 is 17.6 Å². The number of nitrogens with zero attached hydrogens (tertiary/aromatic N) is 4. The summed E-state index contributed by atoms with van der Waals surface area (Å²) in [6.45, 7) is 1.26. The van der Waals surface area contributed by atoms with Gasteiger partial charge in [-0.3, -0.25) is 9.69 Å². The first kappa shape index (κ1) is 23.3. The number of halogens is 3. The summed E-state index contributed by atoms with van der Waals surface area (Å²) in [6.07, 6.45) is 3.04. The lowest BCUT2D eigenvalue weighted by Gasteiger charge is -2.50. The van der Waals surface area contributed by atoms with Gasteiger partial charge in [0.05, 0.1) is 29.8 Å². The van der Waals surface area contributed by atoms with Crippen LogP contribution in [-0.4, -0.2) is 63.7 Å². The Hall–Kier alpha value is -2.46. The zero-order valence-corrected chi connectivity index (χ0v) is 18.9. The fourth-order valence-corrected chi connectivity index (χ4v) is 5.61. The number of alkyl halides is 3. The molecular weight excluding hydrogens is 447 g/mol. The van der Waals surface area contributed by atoms with Gasteiger partial charge in [-0.2, -0.15) is 13.2 Å². The first-order valence-corrected chi connectivity index (χ1v) is 12.0. The van der Waals surface area contributed by atoms with E-state index in [0.717, 1.165) is 50.7 Å². The summed E-state index contributed by atoms with van der Waals surface area (Å²) < 4.78 is 40.0. The number of anilines is 1. The van der Waals surface area contributed by atoms with Crippen LogP contribution in [0.15, 0.2) is 24.5 Å². The highest BCUT2D eigenvalue weighted by Gasteiger charge is 2.42. The highest BCUT2D eigenvalue weighted by atomic mass is 19.4. The van der Waals surface area contributed by atoms with Gasteiger partial charge in [-0.1, -0.05) is 0 Å². The van der Waals surface area contributed by atoms with Crippen LogP contribution in [0.25, 0.3) is 10.9 Å². The van der Waals surface area contributed by atoms with Gasteiger partial charge in [-0.15, -0.1) is 0 Å². The molecule has 2 saturated carbocycles. The Morgan fingerprint density at radius 3 is 2.35 bits per heavy atom. The van der Waals surface area contributed by atoms with Gasteiger partial charge in [0.2, 0.25) is 5.91 Å². The van der Waals surface area contributed by atoms with Crippen molar-refractivity contribution in [3.63, 3.8) is 0 Å². The molecule has 0 bridgehead atoms. The maximum absolute atomic E-state index is 13.3. The lowest BCUT2D eigenvalue weighted by molar-refractivity contribution is -0.137. The minimum absolute atomic E-state index is 0.0741. The highest BCUT2D eigenvalue weighted by Crippen LogP contribution is 2.42. The molecule has 1 aromatic carbocycles. The summed E-state index contributed by atoms with van der Waals surface area (Å²) in [7, 11) is 0. The molecule has 0 spiro atoms. The number of nitrogens with two attached hydrogens (primary N) is 1. The van der Waals surface area contributed by atoms with Gasteiger partial charge in [0.25, 0.3) is 0 Å². The molecular formula is C24H30F3N5O2. The van der Waals surface area contributed by atoms with E-state index in [2.05, 4.69) is 14.9 Å². The van der Waals surface area contributed by atoms with Crippen molar-refractivity contribution in [2.45, 2.75) is 62.9 Å². The van der Waals surface area contributed by atoms with Crippen molar-refractivity contribution in [2.24, 2.45) is 17.6 Å². The summed E-state index contributed by atoms with van der Waals surface area (Å²) in [4.78, 5) is 24.3. The van der Waals surface area contributed by atoms with Gasteiger partial charge in [0, 0.05) is 24.5 Å². The molecule has 1 aromatic heterocycles. The van der Waals surface area contributed by atoms with Crippen molar-refractivity contribution in [1.82, 2.24) is 14.9 Å². The SMILES string of the molecule is NC(=O)CN(c1ncnc2ccc(C(F)(F)F)cc12)C1CN(C2CCC([C@H](O)C3CC3)CC2)C1. The van der Waals surface area contributed by atoms with Gasteiger partial charge in [0.15, 0.2) is 0 Å². The smallest absolute Gasteiger partial charge is 0.393 e. The number of likely N-dealkylation sites (tertiary alicyclic amines) is 1. The molecule has 3 aliphatic rings. The van der Waals surface area contributed by atoms with Crippen LogP contribution in [0.3, 0.4) is 0 Å². The molecule has 3 N–H and O–H groups in total. The van der Waals surface area contributed by atoms with Crippen LogP contribution in [-0.2, 0) is 11.0 Å². The van der Waals surface area contributed by atoms with Crippen molar-refractivity contribution in [3.8, 4) is 0 Å². The quantitative estimate of drug-likeness (QED) is 0.637. The largest absolute Gasteiger partial charge is 0.416 e. The number of amides is 1. The second-order valence-corrected chi connectivity index (χ2v) is 10.0. The molecule has 2 heterocycles. The highest BCUT2D eigenvalue weighted by molar-refractivity contribution is 5.92. The van der Waals surface area contributed by atoms with Crippen molar-refractivity contribution in [1.29, 1.82) is 0 Å². The fourth-order valence-electron chi connectivity index (χ4n) is 5.61. The molecule has 1 saturated heterocycles. The van der Waals surface area contributed by atoms with Crippen LogP contribution in [0.4, 0.5) is 19.0 Å². The molecule has 2 aliphatic carbocycles. The Balaban J connectivity index is 1.30. The summed E-state index contributed by atoms with van der Waals surface area (Å²) >= 11 is 0. The zero-order chi connectivity index (χ0) is 24.0. The standard InChI is InChI=1S/C24H30F3N5O2/c25-24(26,27)16-5-8-20-19(9-16)23(30-13-29-20)32(12-21(28)33)18-10-31(11-18)17-6-3-15(4-7-17)22(34)14-1-2-14/h5,8-9,13-15,17-18,22,34H,1-4,6-7,10-12H2,(H2,28,33)/t15?,17?,22-/m1/s1. The van der Waals surface area contributed by atoms with E-state index in [9.17, 15) is 23.1 Å². The van der Waals surface area contributed by atoms with Crippen LogP contribution >= 0.6 is 0 Å². The number of rotatable bonds is 7. The van der Waals surface area contributed by atoms with Crippen molar-refractivity contribution in [3.05, 3.63) is 30.1 Å². The summed E-state index contributed by atoms with van der Waals surface area (Å²) in [5.74, 6) is 0.628. The Kier molecular flexibility index (Phi) is 6.14. The number of aliphatic hydroxyl groups excluding tert-OH is 1. The predicted molar refractivity (Wildman–Crippen MR) is 121 cm³/mol. The normalized spacial score (nSPS) is 25.2. The van der Waals surface area contributed by atoms with Crippen molar-refractivity contribution in [2.75, 3.05) is 24.5 Å². The Morgan fingerprint density at radius 2 is 1.76 bits per heavy atom. The molecule has 0 unspecified atom stereocenters. The molecule has 1 atom stereocenters. The third-order valence-electron chi connectivity index (χ3n) is 7.72. The maximum atomic E-state index is 13.3. The molecule has 7 nitrogen and oxygen atoms in total. The topological polar surface area (TPSA) is 95.6 Å². The van der Waals surface area contributed by atoms with Crippen LogP contribution in [0, 0.1) is 11.8 Å². The molecule has 2 aromatic rings. The monoisotopic (exact) mass is 477 g/mol. The molecule has 1 amide bonds. The number of aliphatic hydroxyl groups is 1. The van der Waals surface area contributed by atoms with Crippen LogP contribution in [0.2, 0.25) is 0 Å². The lowest BCUT2D eigenvalue weighted by atomic mass is 9.80. The second kappa shape index (κ2) is 8.96. The van der Waals surface area contributed by atoms with Gasteiger partial charge in [-0.05, 0) is 68.6 Å². The van der Waals surface area contributed by atoms with E-state index in [-0.39, 0.29) is 24.1 Å². The fraction of sp³-hybridized carbons (Fsp3) is 0.625. The van der Waals surface area contributed by atoms with Crippen LogP contribution < -0.4 is 10.6 Å². The number of primary amides is 1. The molecule has 10 heteroatoms. The van der Waals surface area contributed by atoms with Gasteiger partial charge >= 0.3 is 6.18 Å². The molecule has 5 rings (SSSR count). The number of aromatic nitrogens is 2. The third kappa shape index (κ3) is 4.70. The average molecular weight is 478 g/mol. The Labute approximate surface area is 196 Å². The Morgan fingerprint density at radius 1 is 1.12 bits per heavy atom. The molecule has 184 valence electrons. The second-order valence-electron chi connectivity index (χ2n) is 10.0. The number of benzene rings is 1. The summed E-state index contributed by atoms with van der Waals surface area (Å²) in [5, 5.41) is 10.7. The van der Waals surface area contributed by atoms with E-state index in [1.165, 1.54) is 12.4 Å². The van der Waals surface area contributed by atoms with E-state index in [1.807, 2.05) is 0 Å². The number of hydrogen-bond donors (Lipinski definition) is 2. The predicted octanol–water partition coefficient (Wildman–Crippen LogP) is 2.95. The maximum Gasteiger partial charge on any atom is 0.416 e. The van der Waals surface area contributed by atoms with Crippen molar-refractivity contribution < 1.29 is 23.1 Å². The van der Waals surface area contributed by atoms with Gasteiger partial charge in [-0.25, -0.2) is 9.97 Å².